The van der Waals surface area contributed by atoms with Crippen molar-refractivity contribution >= 4 is 12.6 Å². The first kappa shape index (κ1) is 28.7. The van der Waals surface area contributed by atoms with Crippen LogP contribution in [0.3, 0.4) is 0 Å². The van der Waals surface area contributed by atoms with Crippen LogP contribution in [0.15, 0.2) is 36.0 Å². The first-order chi connectivity index (χ1) is 12.4. The van der Waals surface area contributed by atoms with Crippen molar-refractivity contribution in [1.29, 1.82) is 0 Å². The van der Waals surface area contributed by atoms with Gasteiger partial charge in [-0.15, -0.1) is 0 Å². The Kier molecular flexibility index (Phi) is 16.4. The van der Waals surface area contributed by atoms with E-state index in [1.807, 2.05) is 27.7 Å². The van der Waals surface area contributed by atoms with Crippen LogP contribution in [0.4, 0.5) is 0 Å². The van der Waals surface area contributed by atoms with Crippen molar-refractivity contribution in [2.75, 3.05) is 7.11 Å². The highest BCUT2D eigenvalue weighted by molar-refractivity contribution is 7.81. The second-order valence-corrected chi connectivity index (χ2v) is 9.85. The van der Waals surface area contributed by atoms with Gasteiger partial charge in [0.1, 0.15) is 0 Å². The van der Waals surface area contributed by atoms with Gasteiger partial charge >= 0.3 is 0 Å². The molecule has 1 aliphatic rings. The van der Waals surface area contributed by atoms with E-state index < -0.39 is 0 Å². The summed E-state index contributed by atoms with van der Waals surface area (Å²) in [5.41, 5.74) is 2.42. The molecule has 1 saturated carbocycles. The second kappa shape index (κ2) is 15.5. The van der Waals surface area contributed by atoms with Crippen LogP contribution in [0.5, 0.6) is 0 Å². The Balaban J connectivity index is 0. The molecule has 0 saturated heterocycles. The Morgan fingerprint density at radius 2 is 1.67 bits per heavy atom. The highest BCUT2D eigenvalue weighted by atomic mass is 32.1. The zero-order chi connectivity index (χ0) is 21.5. The van der Waals surface area contributed by atoms with Gasteiger partial charge in [-0.3, -0.25) is 0 Å². The lowest BCUT2D eigenvalue weighted by molar-refractivity contribution is -0.00128. The molecule has 0 unspecified atom stereocenters. The van der Waals surface area contributed by atoms with Crippen LogP contribution in [0, 0.1) is 5.92 Å². The molecular formula is C25H48OS. The highest BCUT2D eigenvalue weighted by Gasteiger charge is 2.33. The van der Waals surface area contributed by atoms with Gasteiger partial charge in [0.05, 0.1) is 5.60 Å². The fourth-order valence-electron chi connectivity index (χ4n) is 1.95. The third-order valence-electron chi connectivity index (χ3n) is 5.42. The molecule has 0 amide bonds. The number of rotatable bonds is 8. The van der Waals surface area contributed by atoms with Gasteiger partial charge in [0, 0.05) is 11.9 Å². The summed E-state index contributed by atoms with van der Waals surface area (Å²) in [6.45, 7) is 21.0. The van der Waals surface area contributed by atoms with Crippen molar-refractivity contribution in [3.05, 3.63) is 36.0 Å². The molecule has 0 bridgehead atoms. The van der Waals surface area contributed by atoms with Gasteiger partial charge < -0.3 is 4.74 Å². The Morgan fingerprint density at radius 1 is 1.15 bits per heavy atom. The predicted molar refractivity (Wildman–Crippen MR) is 129 cm³/mol. The molecule has 0 heterocycles. The summed E-state index contributed by atoms with van der Waals surface area (Å²) in [5, 5.41) is 0. The standard InChI is InChI=1S/C13H22.C7H16OS.C5H10/c1-5-7-8-9-11-13(4)12(3)10-6-2;1-6(2,8-5)7(3,4)9;1-5-3-2-4-5/h8-9,11H,3,5-7,10H2,1-2,4H3;9H,1-5H3;5H,2-4H2,1H3/b9-8-,13-11-;;. The van der Waals surface area contributed by atoms with Crippen LogP contribution in [0.1, 0.15) is 100 Å². The molecule has 0 aliphatic heterocycles. The molecule has 0 N–H and O–H groups in total. The summed E-state index contributed by atoms with van der Waals surface area (Å²) >= 11 is 4.39. The predicted octanol–water partition coefficient (Wildman–Crippen LogP) is 8.57. The Bertz CT molecular complexity index is 434. The third-order valence-corrected chi connectivity index (χ3v) is 5.96. The molecule has 0 spiro atoms. The number of hydrogen-bond donors (Lipinski definition) is 1. The number of methoxy groups -OCH3 is 1. The number of ether oxygens (including phenoxy) is 1. The van der Waals surface area contributed by atoms with Crippen molar-refractivity contribution in [1.82, 2.24) is 0 Å². The number of unbranched alkanes of at least 4 members (excludes halogenated alkanes) is 1. The van der Waals surface area contributed by atoms with E-state index in [4.69, 9.17) is 4.74 Å². The number of allylic oxidation sites excluding steroid dienone is 5. The zero-order valence-corrected chi connectivity index (χ0v) is 20.7. The zero-order valence-electron chi connectivity index (χ0n) is 19.8. The average Bonchev–Trinajstić information content (AvgIpc) is 2.57. The SMILES string of the molecule is C=C(CCC)/C(C)=C\C=C/CCC.CC1CCC1.COC(C)(C)C(C)(C)S. The van der Waals surface area contributed by atoms with Crippen LogP contribution in [0.2, 0.25) is 0 Å². The van der Waals surface area contributed by atoms with Gasteiger partial charge in [-0.25, -0.2) is 0 Å². The molecule has 1 rings (SSSR count). The summed E-state index contributed by atoms with van der Waals surface area (Å²) in [6, 6.07) is 0. The number of thiol groups is 1. The Hall–Kier alpha value is -0.470. The fourth-order valence-corrected chi connectivity index (χ4v) is 2.05. The molecule has 0 aromatic heterocycles. The molecule has 0 radical (unpaired) electrons. The van der Waals surface area contributed by atoms with Gasteiger partial charge in [0.15, 0.2) is 0 Å². The molecule has 0 aromatic carbocycles. The van der Waals surface area contributed by atoms with E-state index in [0.717, 1.165) is 12.3 Å². The molecule has 1 fully saturated rings. The molecule has 27 heavy (non-hydrogen) atoms. The van der Waals surface area contributed by atoms with Crippen molar-refractivity contribution in [3.63, 3.8) is 0 Å². The smallest absolute Gasteiger partial charge is 0.0760 e. The first-order valence-corrected chi connectivity index (χ1v) is 11.2. The van der Waals surface area contributed by atoms with Gasteiger partial charge in [0.2, 0.25) is 0 Å². The third kappa shape index (κ3) is 15.2. The minimum absolute atomic E-state index is 0.0816. The van der Waals surface area contributed by atoms with E-state index in [1.54, 1.807) is 7.11 Å². The number of hydrogen-bond acceptors (Lipinski definition) is 2. The maximum Gasteiger partial charge on any atom is 0.0760 e. The minimum atomic E-state index is -0.157. The minimum Gasteiger partial charge on any atom is -0.377 e. The van der Waals surface area contributed by atoms with E-state index in [9.17, 15) is 0 Å². The van der Waals surface area contributed by atoms with Crippen molar-refractivity contribution < 1.29 is 4.74 Å². The normalized spacial score (nSPS) is 15.4. The molecular weight excluding hydrogens is 348 g/mol. The lowest BCUT2D eigenvalue weighted by Crippen LogP contribution is -2.42. The van der Waals surface area contributed by atoms with Crippen LogP contribution in [-0.2, 0) is 4.74 Å². The van der Waals surface area contributed by atoms with E-state index >= 15 is 0 Å². The van der Waals surface area contributed by atoms with E-state index in [-0.39, 0.29) is 10.3 Å². The average molecular weight is 397 g/mol. The molecule has 1 aliphatic carbocycles. The molecule has 0 aromatic rings. The quantitative estimate of drug-likeness (QED) is 0.319. The maximum atomic E-state index is 5.23. The summed E-state index contributed by atoms with van der Waals surface area (Å²) in [7, 11) is 1.71. The van der Waals surface area contributed by atoms with Crippen LogP contribution >= 0.6 is 12.6 Å². The highest BCUT2D eigenvalue weighted by Crippen LogP contribution is 2.29. The largest absolute Gasteiger partial charge is 0.377 e. The van der Waals surface area contributed by atoms with E-state index in [0.29, 0.717) is 0 Å². The molecule has 2 heteroatoms. The van der Waals surface area contributed by atoms with Crippen LogP contribution in [-0.4, -0.2) is 17.5 Å². The van der Waals surface area contributed by atoms with Gasteiger partial charge in [-0.05, 0) is 59.0 Å². The van der Waals surface area contributed by atoms with Crippen molar-refractivity contribution in [2.24, 2.45) is 5.92 Å². The molecule has 0 atom stereocenters. The lowest BCUT2D eigenvalue weighted by atomic mass is 9.88. The topological polar surface area (TPSA) is 9.23 Å². The Morgan fingerprint density at radius 3 is 1.93 bits per heavy atom. The van der Waals surface area contributed by atoms with Crippen molar-refractivity contribution in [2.45, 2.75) is 111 Å². The van der Waals surface area contributed by atoms with Gasteiger partial charge in [-0.2, -0.15) is 12.6 Å². The summed E-state index contributed by atoms with van der Waals surface area (Å²) in [5.74, 6) is 1.06. The van der Waals surface area contributed by atoms with E-state index in [1.165, 1.54) is 49.7 Å². The van der Waals surface area contributed by atoms with Crippen molar-refractivity contribution in [3.8, 4) is 0 Å². The summed E-state index contributed by atoms with van der Waals surface area (Å²) < 4.78 is 5.14. The maximum absolute atomic E-state index is 5.23. The van der Waals surface area contributed by atoms with Gasteiger partial charge in [0.25, 0.3) is 0 Å². The lowest BCUT2D eigenvalue weighted by Gasteiger charge is -2.36. The van der Waals surface area contributed by atoms with E-state index in [2.05, 4.69) is 65.1 Å². The fraction of sp³-hybridized carbons (Fsp3) is 0.760. The summed E-state index contributed by atoms with van der Waals surface area (Å²) in [6.07, 6.45) is 15.7. The first-order valence-electron chi connectivity index (χ1n) is 10.7. The van der Waals surface area contributed by atoms with Gasteiger partial charge in [-0.1, -0.05) is 83.3 Å². The Labute approximate surface area is 177 Å². The summed E-state index contributed by atoms with van der Waals surface area (Å²) in [4.78, 5) is 0. The van der Waals surface area contributed by atoms with Crippen LogP contribution in [0.25, 0.3) is 0 Å². The second-order valence-electron chi connectivity index (χ2n) is 8.73. The molecule has 1 nitrogen and oxygen atoms in total. The molecule has 160 valence electrons. The van der Waals surface area contributed by atoms with Crippen LogP contribution < -0.4 is 0 Å². The monoisotopic (exact) mass is 396 g/mol.